The third-order valence-electron chi connectivity index (χ3n) is 9.22. The Morgan fingerprint density at radius 2 is 1.57 bits per heavy atom. The third-order valence-corrected chi connectivity index (χ3v) is 9.22. The summed E-state index contributed by atoms with van der Waals surface area (Å²) < 4.78 is 5.71. The molecule has 10 heteroatoms. The Hall–Kier alpha value is -5.64. The molecule has 1 aliphatic heterocycles. The SMILES string of the molecule is CCCOc1ccc(N2C(=O)[C@@H]3C4c5ccccc5C(/C=N\NC(=O)Cc5ccc([N+](=O)[O-])cc5)(c5ccccc54)[C@@H]3C2=O)cc1. The monoisotopic (exact) mass is 614 g/mol. The van der Waals surface area contributed by atoms with Crippen molar-refractivity contribution in [2.75, 3.05) is 11.5 Å². The minimum absolute atomic E-state index is 0.0488. The van der Waals surface area contributed by atoms with Gasteiger partial charge in [-0.25, -0.2) is 10.3 Å². The average molecular weight is 615 g/mol. The molecule has 230 valence electrons. The van der Waals surface area contributed by atoms with Crippen LogP contribution in [-0.2, 0) is 26.2 Å². The van der Waals surface area contributed by atoms with Crippen LogP contribution in [-0.4, -0.2) is 35.5 Å². The van der Waals surface area contributed by atoms with Gasteiger partial charge in [0.2, 0.25) is 17.7 Å². The van der Waals surface area contributed by atoms with Gasteiger partial charge >= 0.3 is 0 Å². The third kappa shape index (κ3) is 4.48. The van der Waals surface area contributed by atoms with Crippen LogP contribution >= 0.6 is 0 Å². The van der Waals surface area contributed by atoms with E-state index in [1.165, 1.54) is 29.2 Å². The average Bonchev–Trinajstić information content (AvgIpc) is 3.34. The van der Waals surface area contributed by atoms with Gasteiger partial charge in [-0.3, -0.25) is 24.5 Å². The molecule has 0 spiro atoms. The lowest BCUT2D eigenvalue weighted by molar-refractivity contribution is -0.384. The van der Waals surface area contributed by atoms with E-state index in [2.05, 4.69) is 10.5 Å². The number of carbonyl (C=O) groups is 3. The molecule has 0 aromatic heterocycles. The van der Waals surface area contributed by atoms with Crippen molar-refractivity contribution in [2.45, 2.75) is 31.1 Å². The smallest absolute Gasteiger partial charge is 0.269 e. The van der Waals surface area contributed by atoms with E-state index in [1.54, 1.807) is 30.5 Å². The molecule has 0 radical (unpaired) electrons. The van der Waals surface area contributed by atoms with Gasteiger partial charge in [-0.2, -0.15) is 5.10 Å². The number of carbonyl (C=O) groups excluding carboxylic acids is 3. The molecule has 1 N–H and O–H groups in total. The Balaban J connectivity index is 1.27. The summed E-state index contributed by atoms with van der Waals surface area (Å²) >= 11 is 0. The number of hydrogen-bond donors (Lipinski definition) is 1. The fraction of sp³-hybridized carbons (Fsp3) is 0.222. The van der Waals surface area contributed by atoms with Crippen LogP contribution in [0.25, 0.3) is 0 Å². The number of anilines is 1. The first kappa shape index (κ1) is 29.1. The largest absolute Gasteiger partial charge is 0.494 e. The number of imide groups is 1. The van der Waals surface area contributed by atoms with Crippen molar-refractivity contribution in [1.29, 1.82) is 0 Å². The Bertz CT molecular complexity index is 1860. The standard InChI is InChI=1S/C36H30N4O6/c1-2-19-46-25-17-15-23(16-18-25)39-34(42)32-31-26-7-3-5-9-28(26)36(33(32)35(39)43,29-10-6-4-8-27(29)31)21-37-38-30(41)20-22-11-13-24(14-12-22)40(44)45/h3-18,21,31-33H,2,19-20H2,1H3,(H,38,41)/b37-21-/t31?,32-,33+,36?/m1/s1. The van der Waals surface area contributed by atoms with E-state index < -0.39 is 28.1 Å². The van der Waals surface area contributed by atoms with Gasteiger partial charge in [-0.05, 0) is 58.5 Å². The maximum absolute atomic E-state index is 14.5. The van der Waals surface area contributed by atoms with Crippen LogP contribution in [0.15, 0.2) is 102 Å². The summed E-state index contributed by atoms with van der Waals surface area (Å²) in [6.07, 6.45) is 2.42. The van der Waals surface area contributed by atoms with Gasteiger partial charge in [-0.15, -0.1) is 0 Å². The molecule has 10 nitrogen and oxygen atoms in total. The summed E-state index contributed by atoms with van der Waals surface area (Å²) in [5.41, 5.74) is 6.13. The molecule has 1 fully saturated rings. The molecule has 8 rings (SSSR count). The molecular formula is C36H30N4O6. The summed E-state index contributed by atoms with van der Waals surface area (Å²) in [4.78, 5) is 53.6. The second-order valence-corrected chi connectivity index (χ2v) is 11.8. The van der Waals surface area contributed by atoms with Gasteiger partial charge < -0.3 is 4.74 Å². The van der Waals surface area contributed by atoms with Crippen molar-refractivity contribution in [3.63, 3.8) is 0 Å². The van der Waals surface area contributed by atoms with Crippen LogP contribution in [0.3, 0.4) is 0 Å². The number of benzene rings is 4. The van der Waals surface area contributed by atoms with E-state index in [-0.39, 0.29) is 29.8 Å². The number of hydrazone groups is 1. The normalized spacial score (nSPS) is 22.4. The zero-order valence-corrected chi connectivity index (χ0v) is 25.0. The minimum atomic E-state index is -1.13. The van der Waals surface area contributed by atoms with E-state index >= 15 is 0 Å². The number of non-ortho nitro benzene ring substituents is 1. The molecule has 2 atom stereocenters. The lowest BCUT2D eigenvalue weighted by atomic mass is 9.47. The van der Waals surface area contributed by atoms with Crippen molar-refractivity contribution >= 4 is 35.3 Å². The summed E-state index contributed by atoms with van der Waals surface area (Å²) in [7, 11) is 0. The zero-order valence-electron chi connectivity index (χ0n) is 25.0. The first-order valence-electron chi connectivity index (χ1n) is 15.2. The maximum atomic E-state index is 14.5. The summed E-state index contributed by atoms with van der Waals surface area (Å²) in [5.74, 6) is -2.14. The van der Waals surface area contributed by atoms with Gasteiger partial charge in [0, 0.05) is 24.3 Å². The zero-order chi connectivity index (χ0) is 32.0. The number of rotatable bonds is 9. The number of ether oxygens (including phenoxy) is 1. The molecule has 0 unspecified atom stereocenters. The summed E-state index contributed by atoms with van der Waals surface area (Å²) in [5, 5.41) is 15.4. The maximum Gasteiger partial charge on any atom is 0.269 e. The number of nitro benzene ring substituents is 1. The van der Waals surface area contributed by atoms with E-state index in [0.29, 0.717) is 23.6 Å². The van der Waals surface area contributed by atoms with Crippen LogP contribution in [0.1, 0.15) is 47.1 Å². The molecular weight excluding hydrogens is 584 g/mol. The Kier molecular flexibility index (Phi) is 7.19. The van der Waals surface area contributed by atoms with Crippen LogP contribution in [0.5, 0.6) is 5.75 Å². The lowest BCUT2D eigenvalue weighted by Gasteiger charge is -2.52. The lowest BCUT2D eigenvalue weighted by Crippen LogP contribution is -2.54. The van der Waals surface area contributed by atoms with Crippen LogP contribution in [0.4, 0.5) is 11.4 Å². The summed E-state index contributed by atoms with van der Waals surface area (Å²) in [6, 6.07) is 28.4. The van der Waals surface area contributed by atoms with Gasteiger partial charge in [-0.1, -0.05) is 67.6 Å². The fourth-order valence-corrected chi connectivity index (χ4v) is 7.38. The molecule has 4 aromatic carbocycles. The van der Waals surface area contributed by atoms with Crippen molar-refractivity contribution in [2.24, 2.45) is 16.9 Å². The predicted molar refractivity (Wildman–Crippen MR) is 171 cm³/mol. The number of amides is 3. The highest BCUT2D eigenvalue weighted by Gasteiger charge is 2.68. The molecule has 1 heterocycles. The highest BCUT2D eigenvalue weighted by atomic mass is 16.6. The molecule has 2 bridgehead atoms. The number of nitrogens with zero attached hydrogens (tertiary/aromatic N) is 3. The van der Waals surface area contributed by atoms with E-state index in [4.69, 9.17) is 4.74 Å². The molecule has 46 heavy (non-hydrogen) atoms. The highest BCUT2D eigenvalue weighted by molar-refractivity contribution is 6.25. The van der Waals surface area contributed by atoms with Crippen LogP contribution in [0.2, 0.25) is 0 Å². The molecule has 0 saturated carbocycles. The van der Waals surface area contributed by atoms with Crippen molar-refractivity contribution in [3.05, 3.63) is 135 Å². The van der Waals surface area contributed by atoms with Gasteiger partial charge in [0.1, 0.15) is 5.75 Å². The van der Waals surface area contributed by atoms with E-state index in [1.807, 2.05) is 55.5 Å². The van der Waals surface area contributed by atoms with Gasteiger partial charge in [0.25, 0.3) is 5.69 Å². The summed E-state index contributed by atoms with van der Waals surface area (Å²) in [6.45, 7) is 2.58. The first-order chi connectivity index (χ1) is 22.3. The van der Waals surface area contributed by atoms with Gasteiger partial charge in [0.15, 0.2) is 0 Å². The van der Waals surface area contributed by atoms with E-state index in [9.17, 15) is 24.5 Å². The molecule has 4 aromatic rings. The first-order valence-corrected chi connectivity index (χ1v) is 15.2. The molecule has 1 saturated heterocycles. The fourth-order valence-electron chi connectivity index (χ4n) is 7.38. The van der Waals surface area contributed by atoms with Crippen LogP contribution < -0.4 is 15.1 Å². The van der Waals surface area contributed by atoms with Crippen molar-refractivity contribution in [3.8, 4) is 5.75 Å². The molecule has 3 amide bonds. The van der Waals surface area contributed by atoms with Crippen LogP contribution in [0, 0.1) is 22.0 Å². The quantitative estimate of drug-likeness (QED) is 0.118. The van der Waals surface area contributed by atoms with Crippen molar-refractivity contribution < 1.29 is 24.0 Å². The number of hydrogen-bond acceptors (Lipinski definition) is 7. The van der Waals surface area contributed by atoms with Crippen molar-refractivity contribution in [1.82, 2.24) is 5.43 Å². The minimum Gasteiger partial charge on any atom is -0.494 e. The second kappa shape index (κ2) is 11.4. The predicted octanol–water partition coefficient (Wildman–Crippen LogP) is 5.28. The van der Waals surface area contributed by atoms with Gasteiger partial charge in [0.05, 0.1) is 40.9 Å². The Morgan fingerprint density at radius 3 is 2.17 bits per heavy atom. The molecule has 4 aliphatic rings. The topological polar surface area (TPSA) is 131 Å². The second-order valence-electron chi connectivity index (χ2n) is 11.8. The number of nitro groups is 1. The highest BCUT2D eigenvalue weighted by Crippen LogP contribution is 2.63. The number of nitrogens with one attached hydrogen (secondary N) is 1. The van der Waals surface area contributed by atoms with E-state index in [0.717, 1.165) is 28.7 Å². The Labute approximate surface area is 264 Å². The molecule has 3 aliphatic carbocycles. The Morgan fingerprint density at radius 1 is 0.935 bits per heavy atom.